The van der Waals surface area contributed by atoms with Crippen LogP contribution in [0.3, 0.4) is 0 Å². The number of aliphatic hydroxyl groups is 1. The second-order valence-electron chi connectivity index (χ2n) is 4.22. The highest BCUT2D eigenvalue weighted by Gasteiger charge is 2.02. The number of rotatable bonds is 5. The molecule has 104 valence electrons. The number of aromatic hydroxyl groups is 2. The van der Waals surface area contributed by atoms with Crippen LogP contribution in [0.15, 0.2) is 42.5 Å². The second kappa shape index (κ2) is 6.63. The van der Waals surface area contributed by atoms with E-state index in [1.54, 1.807) is 42.5 Å². The molecule has 3 N–H and O–H groups in total. The van der Waals surface area contributed by atoms with E-state index in [9.17, 15) is 10.2 Å². The van der Waals surface area contributed by atoms with E-state index in [0.29, 0.717) is 5.75 Å². The van der Waals surface area contributed by atoms with E-state index >= 15 is 0 Å². The van der Waals surface area contributed by atoms with Crippen molar-refractivity contribution in [3.63, 3.8) is 0 Å². The summed E-state index contributed by atoms with van der Waals surface area (Å²) >= 11 is 0. The molecule has 4 heteroatoms. The van der Waals surface area contributed by atoms with Crippen LogP contribution in [-0.2, 0) is 0 Å². The summed E-state index contributed by atoms with van der Waals surface area (Å²) in [5.74, 6) is 0.610. The first kappa shape index (κ1) is 14.0. The molecule has 2 aromatic rings. The maximum Gasteiger partial charge on any atom is 0.161 e. The molecule has 2 aromatic carbocycles. The van der Waals surface area contributed by atoms with E-state index < -0.39 is 0 Å². The Bertz CT molecular complexity index is 588. The van der Waals surface area contributed by atoms with Gasteiger partial charge in [-0.1, -0.05) is 30.4 Å². The quantitative estimate of drug-likeness (QED) is 0.732. The monoisotopic (exact) mass is 272 g/mol. The third-order valence-corrected chi connectivity index (χ3v) is 2.69. The van der Waals surface area contributed by atoms with Gasteiger partial charge in [-0.15, -0.1) is 0 Å². The van der Waals surface area contributed by atoms with Crippen LogP contribution < -0.4 is 4.74 Å². The molecule has 0 saturated heterocycles. The highest BCUT2D eigenvalue weighted by Crippen LogP contribution is 2.27. The molecule has 20 heavy (non-hydrogen) atoms. The first-order valence-electron chi connectivity index (χ1n) is 6.23. The maximum atomic E-state index is 9.62. The van der Waals surface area contributed by atoms with Crippen LogP contribution in [0.5, 0.6) is 17.2 Å². The zero-order chi connectivity index (χ0) is 14.4. The summed E-state index contributed by atoms with van der Waals surface area (Å²) in [5, 5.41) is 27.5. The Morgan fingerprint density at radius 3 is 2.25 bits per heavy atom. The van der Waals surface area contributed by atoms with Gasteiger partial charge in [-0.25, -0.2) is 0 Å². The molecule has 4 nitrogen and oxygen atoms in total. The van der Waals surface area contributed by atoms with Gasteiger partial charge in [-0.05, 0) is 35.4 Å². The topological polar surface area (TPSA) is 69.9 Å². The van der Waals surface area contributed by atoms with Gasteiger partial charge in [0.15, 0.2) is 11.5 Å². The van der Waals surface area contributed by atoms with Crippen LogP contribution >= 0.6 is 0 Å². The summed E-state index contributed by atoms with van der Waals surface area (Å²) in [6.07, 6.45) is 3.76. The van der Waals surface area contributed by atoms with Gasteiger partial charge in [0.2, 0.25) is 0 Å². The maximum absolute atomic E-state index is 9.62. The highest BCUT2D eigenvalue weighted by molar-refractivity contribution is 5.71. The molecule has 0 radical (unpaired) electrons. The van der Waals surface area contributed by atoms with Gasteiger partial charge in [-0.2, -0.15) is 0 Å². The predicted molar refractivity (Wildman–Crippen MR) is 77.7 cm³/mol. The Kier molecular flexibility index (Phi) is 4.63. The van der Waals surface area contributed by atoms with E-state index in [4.69, 9.17) is 9.84 Å². The van der Waals surface area contributed by atoms with Crippen LogP contribution in [-0.4, -0.2) is 28.5 Å². The molecule has 0 atom stereocenters. The Labute approximate surface area is 117 Å². The van der Waals surface area contributed by atoms with Crippen molar-refractivity contribution in [3.05, 3.63) is 53.6 Å². The smallest absolute Gasteiger partial charge is 0.161 e. The van der Waals surface area contributed by atoms with Gasteiger partial charge in [0, 0.05) is 0 Å². The lowest BCUT2D eigenvalue weighted by Gasteiger charge is -2.07. The summed E-state index contributed by atoms with van der Waals surface area (Å²) < 4.78 is 5.23. The van der Waals surface area contributed by atoms with Crippen molar-refractivity contribution in [1.29, 1.82) is 0 Å². The third-order valence-electron chi connectivity index (χ3n) is 2.69. The molecular weight excluding hydrogens is 256 g/mol. The minimum Gasteiger partial charge on any atom is -0.508 e. The average molecular weight is 272 g/mol. The van der Waals surface area contributed by atoms with E-state index in [1.807, 2.05) is 12.2 Å². The standard InChI is InChI=1S/C16H16O4/c17-9-10-20-16-11-13(5-8-15(16)19)2-1-12-3-6-14(18)7-4-12/h1-8,11,17-19H,9-10H2/b2-1+. The number of benzene rings is 2. The Balaban J connectivity index is 2.14. The molecule has 0 fully saturated rings. The minimum absolute atomic E-state index is 0.0419. The summed E-state index contributed by atoms with van der Waals surface area (Å²) in [7, 11) is 0. The van der Waals surface area contributed by atoms with Crippen molar-refractivity contribution in [1.82, 2.24) is 0 Å². The number of phenolic OH excluding ortho intramolecular Hbond substituents is 2. The van der Waals surface area contributed by atoms with Gasteiger partial charge < -0.3 is 20.1 Å². The molecule has 2 rings (SSSR count). The van der Waals surface area contributed by atoms with Gasteiger partial charge >= 0.3 is 0 Å². The lowest BCUT2D eigenvalue weighted by atomic mass is 10.1. The van der Waals surface area contributed by atoms with E-state index in [0.717, 1.165) is 11.1 Å². The molecule has 0 amide bonds. The van der Waals surface area contributed by atoms with Gasteiger partial charge in [0.05, 0.1) is 6.61 Å². The van der Waals surface area contributed by atoms with Crippen LogP contribution in [0.25, 0.3) is 12.2 Å². The predicted octanol–water partition coefficient (Wildman–Crippen LogP) is 2.64. The molecule has 0 saturated carbocycles. The Morgan fingerprint density at radius 2 is 1.55 bits per heavy atom. The van der Waals surface area contributed by atoms with Gasteiger partial charge in [-0.3, -0.25) is 0 Å². The molecule has 0 aliphatic rings. The Morgan fingerprint density at radius 1 is 0.900 bits per heavy atom. The number of hydrogen-bond donors (Lipinski definition) is 3. The Hall–Kier alpha value is -2.46. The van der Waals surface area contributed by atoms with Gasteiger partial charge in [0.1, 0.15) is 12.4 Å². The van der Waals surface area contributed by atoms with Crippen LogP contribution in [0.1, 0.15) is 11.1 Å². The summed E-state index contributed by atoms with van der Waals surface area (Å²) in [6.45, 7) is 0.0334. The lowest BCUT2D eigenvalue weighted by molar-refractivity contribution is 0.197. The van der Waals surface area contributed by atoms with Crippen molar-refractivity contribution < 1.29 is 20.1 Å². The van der Waals surface area contributed by atoms with E-state index in [2.05, 4.69) is 0 Å². The van der Waals surface area contributed by atoms with Crippen LogP contribution in [0, 0.1) is 0 Å². The molecule has 0 aliphatic heterocycles. The fourth-order valence-electron chi connectivity index (χ4n) is 1.68. The summed E-state index contributed by atoms with van der Waals surface area (Å²) in [4.78, 5) is 0. The van der Waals surface area contributed by atoms with Crippen molar-refractivity contribution in [2.45, 2.75) is 0 Å². The van der Waals surface area contributed by atoms with E-state index in [1.165, 1.54) is 0 Å². The molecule has 0 heterocycles. The van der Waals surface area contributed by atoms with E-state index in [-0.39, 0.29) is 24.7 Å². The van der Waals surface area contributed by atoms with Crippen molar-refractivity contribution in [3.8, 4) is 17.2 Å². The number of aliphatic hydroxyl groups excluding tert-OH is 1. The highest BCUT2D eigenvalue weighted by atomic mass is 16.5. The number of ether oxygens (including phenoxy) is 1. The molecule has 0 spiro atoms. The molecule has 0 aromatic heterocycles. The molecular formula is C16H16O4. The summed E-state index contributed by atoms with van der Waals surface area (Å²) in [5.41, 5.74) is 1.82. The normalized spacial score (nSPS) is 10.8. The largest absolute Gasteiger partial charge is 0.508 e. The van der Waals surface area contributed by atoms with Crippen molar-refractivity contribution in [2.75, 3.05) is 13.2 Å². The van der Waals surface area contributed by atoms with Crippen molar-refractivity contribution in [2.24, 2.45) is 0 Å². The first-order chi connectivity index (χ1) is 9.69. The van der Waals surface area contributed by atoms with Crippen LogP contribution in [0.4, 0.5) is 0 Å². The molecule has 0 unspecified atom stereocenters. The first-order valence-corrected chi connectivity index (χ1v) is 6.23. The lowest BCUT2D eigenvalue weighted by Crippen LogP contribution is -2.01. The fraction of sp³-hybridized carbons (Fsp3) is 0.125. The zero-order valence-corrected chi connectivity index (χ0v) is 10.9. The SMILES string of the molecule is OCCOc1cc(/C=C/c2ccc(O)cc2)ccc1O. The van der Waals surface area contributed by atoms with Gasteiger partial charge in [0.25, 0.3) is 0 Å². The average Bonchev–Trinajstić information content (AvgIpc) is 2.46. The zero-order valence-electron chi connectivity index (χ0n) is 10.9. The van der Waals surface area contributed by atoms with Crippen molar-refractivity contribution >= 4 is 12.2 Å². The third kappa shape index (κ3) is 3.76. The number of hydrogen-bond acceptors (Lipinski definition) is 4. The fourth-order valence-corrected chi connectivity index (χ4v) is 1.68. The minimum atomic E-state index is -0.104. The molecule has 0 aliphatic carbocycles. The van der Waals surface area contributed by atoms with Crippen LogP contribution in [0.2, 0.25) is 0 Å². The summed E-state index contributed by atoms with van der Waals surface area (Å²) in [6, 6.07) is 11.8. The second-order valence-corrected chi connectivity index (χ2v) is 4.22. The molecule has 0 bridgehead atoms. The number of phenols is 2.